The molecule has 6 heteroatoms. The topological polar surface area (TPSA) is 89.3 Å². The smallest absolute Gasteiger partial charge is 0.407 e. The van der Waals surface area contributed by atoms with Crippen LogP contribution in [0.1, 0.15) is 27.7 Å². The van der Waals surface area contributed by atoms with Gasteiger partial charge in [-0.05, 0) is 33.8 Å². The van der Waals surface area contributed by atoms with Crippen LogP contribution in [-0.4, -0.2) is 29.3 Å². The van der Waals surface area contributed by atoms with Crippen molar-refractivity contribution in [2.24, 2.45) is 0 Å². The lowest BCUT2D eigenvalue weighted by atomic mass is 10.1. The summed E-state index contributed by atoms with van der Waals surface area (Å²) in [6.45, 7) is 7.88. The average Bonchev–Trinajstić information content (AvgIpc) is 2.46. The maximum absolute atomic E-state index is 11.7. The van der Waals surface area contributed by atoms with Gasteiger partial charge in [-0.15, -0.1) is 0 Å². The largest absolute Gasteiger partial charge is 0.444 e. The van der Waals surface area contributed by atoms with Crippen LogP contribution in [0.25, 0.3) is 10.9 Å². The van der Waals surface area contributed by atoms with Crippen molar-refractivity contribution in [1.82, 2.24) is 10.3 Å². The summed E-state index contributed by atoms with van der Waals surface area (Å²) in [5.41, 5.74) is 7.81. The fourth-order valence-electron chi connectivity index (χ4n) is 2.17. The molecule has 1 heterocycles. The Morgan fingerprint density at radius 1 is 1.35 bits per heavy atom. The van der Waals surface area contributed by atoms with Gasteiger partial charge in [0.05, 0.1) is 23.1 Å². The predicted octanol–water partition coefficient (Wildman–Crippen LogP) is 3.14. The molecule has 0 unspecified atom stereocenters. The maximum Gasteiger partial charge on any atom is 0.407 e. The number of benzene rings is 1. The first kappa shape index (κ1) is 16.9. The third-order valence-corrected chi connectivity index (χ3v) is 3.15. The van der Waals surface area contributed by atoms with E-state index in [2.05, 4.69) is 15.6 Å². The van der Waals surface area contributed by atoms with Gasteiger partial charge in [0, 0.05) is 18.0 Å². The second kappa shape index (κ2) is 6.73. The number of hydrogen-bond donors (Lipinski definition) is 3. The van der Waals surface area contributed by atoms with Crippen LogP contribution in [0.2, 0.25) is 0 Å². The number of amides is 1. The number of nitrogens with one attached hydrogen (secondary N) is 2. The first-order chi connectivity index (χ1) is 10.8. The molecule has 23 heavy (non-hydrogen) atoms. The lowest BCUT2D eigenvalue weighted by molar-refractivity contribution is 0.0526. The molecule has 2 rings (SSSR count). The first-order valence-corrected chi connectivity index (χ1v) is 7.63. The molecule has 0 saturated carbocycles. The van der Waals surface area contributed by atoms with Gasteiger partial charge in [-0.3, -0.25) is 4.98 Å². The van der Waals surface area contributed by atoms with Gasteiger partial charge < -0.3 is 21.1 Å². The van der Waals surface area contributed by atoms with E-state index in [9.17, 15) is 4.79 Å². The highest BCUT2D eigenvalue weighted by Gasteiger charge is 2.17. The number of carbonyl (C=O) groups excluding carboxylic acids is 1. The fourth-order valence-corrected chi connectivity index (χ4v) is 2.17. The lowest BCUT2D eigenvalue weighted by Crippen LogP contribution is -2.38. The van der Waals surface area contributed by atoms with Crippen LogP contribution in [0.3, 0.4) is 0 Å². The molecule has 0 aliphatic rings. The van der Waals surface area contributed by atoms with Crippen LogP contribution in [0, 0.1) is 0 Å². The lowest BCUT2D eigenvalue weighted by Gasteiger charge is -2.22. The number of alkyl carbamates (subject to hydrolysis) is 1. The van der Waals surface area contributed by atoms with Crippen molar-refractivity contribution in [2.75, 3.05) is 17.6 Å². The van der Waals surface area contributed by atoms with E-state index in [-0.39, 0.29) is 6.04 Å². The van der Waals surface area contributed by atoms with Gasteiger partial charge in [0.2, 0.25) is 0 Å². The van der Waals surface area contributed by atoms with E-state index in [1.807, 2.05) is 52.0 Å². The Hall–Kier alpha value is -2.50. The molecule has 1 amide bonds. The highest BCUT2D eigenvalue weighted by Crippen LogP contribution is 2.27. The van der Waals surface area contributed by atoms with Gasteiger partial charge in [-0.1, -0.05) is 18.2 Å². The van der Waals surface area contributed by atoms with E-state index in [0.29, 0.717) is 12.2 Å². The molecular weight excluding hydrogens is 292 g/mol. The minimum Gasteiger partial charge on any atom is -0.444 e. The van der Waals surface area contributed by atoms with Crippen molar-refractivity contribution in [3.8, 4) is 0 Å². The van der Waals surface area contributed by atoms with E-state index in [0.717, 1.165) is 16.6 Å². The van der Waals surface area contributed by atoms with E-state index in [4.69, 9.17) is 10.5 Å². The van der Waals surface area contributed by atoms with Gasteiger partial charge in [0.25, 0.3) is 0 Å². The van der Waals surface area contributed by atoms with Crippen molar-refractivity contribution < 1.29 is 9.53 Å². The number of para-hydroxylation sites is 1. The number of rotatable bonds is 4. The highest BCUT2D eigenvalue weighted by molar-refractivity contribution is 5.96. The van der Waals surface area contributed by atoms with Crippen LogP contribution in [0.5, 0.6) is 0 Å². The Morgan fingerprint density at radius 3 is 2.74 bits per heavy atom. The van der Waals surface area contributed by atoms with Crippen molar-refractivity contribution >= 4 is 28.4 Å². The molecule has 1 atom stereocenters. The Bertz CT molecular complexity index is 695. The van der Waals surface area contributed by atoms with Crippen LogP contribution in [0.4, 0.5) is 16.2 Å². The monoisotopic (exact) mass is 316 g/mol. The number of carbonyl (C=O) groups is 1. The fraction of sp³-hybridized carbons (Fsp3) is 0.412. The molecule has 1 aromatic heterocycles. The molecule has 0 radical (unpaired) electrons. The average molecular weight is 316 g/mol. The number of anilines is 2. The number of hydrogen-bond acceptors (Lipinski definition) is 5. The zero-order valence-electron chi connectivity index (χ0n) is 14.0. The Labute approximate surface area is 136 Å². The summed E-state index contributed by atoms with van der Waals surface area (Å²) in [5, 5.41) is 7.04. The normalized spacial score (nSPS) is 12.7. The second-order valence-corrected chi connectivity index (χ2v) is 6.53. The molecule has 0 spiro atoms. The number of nitrogens with zero attached hydrogens (tertiary/aromatic N) is 1. The zero-order valence-corrected chi connectivity index (χ0v) is 14.0. The molecular formula is C17H24N4O2. The van der Waals surface area contributed by atoms with Crippen LogP contribution < -0.4 is 16.4 Å². The number of nitrogens with two attached hydrogens (primary N) is 1. The molecule has 0 aliphatic carbocycles. The Kier molecular flexibility index (Phi) is 4.93. The molecule has 4 N–H and O–H groups in total. The zero-order chi connectivity index (χ0) is 17.0. The summed E-state index contributed by atoms with van der Waals surface area (Å²) in [7, 11) is 0. The molecule has 0 bridgehead atoms. The first-order valence-electron chi connectivity index (χ1n) is 7.63. The number of ether oxygens (including phenoxy) is 1. The number of aromatic nitrogens is 1. The van der Waals surface area contributed by atoms with Gasteiger partial charge in [-0.2, -0.15) is 0 Å². The molecule has 2 aromatic rings. The quantitative estimate of drug-likeness (QED) is 0.806. The third-order valence-electron chi connectivity index (χ3n) is 3.15. The second-order valence-electron chi connectivity index (χ2n) is 6.53. The predicted molar refractivity (Wildman–Crippen MR) is 93.5 cm³/mol. The van der Waals surface area contributed by atoms with E-state index >= 15 is 0 Å². The summed E-state index contributed by atoms with van der Waals surface area (Å²) < 4.78 is 5.22. The summed E-state index contributed by atoms with van der Waals surface area (Å²) in [5.74, 6) is 0. The van der Waals surface area contributed by atoms with Crippen molar-refractivity contribution in [3.05, 3.63) is 30.5 Å². The molecule has 0 fully saturated rings. The molecule has 0 aliphatic heterocycles. The Balaban J connectivity index is 2.02. The van der Waals surface area contributed by atoms with E-state index in [1.165, 1.54) is 0 Å². The van der Waals surface area contributed by atoms with Crippen molar-refractivity contribution in [1.29, 1.82) is 0 Å². The van der Waals surface area contributed by atoms with Crippen LogP contribution >= 0.6 is 0 Å². The minimum absolute atomic E-state index is 0.0179. The van der Waals surface area contributed by atoms with Crippen LogP contribution in [-0.2, 0) is 4.74 Å². The van der Waals surface area contributed by atoms with Gasteiger partial charge >= 0.3 is 6.09 Å². The molecule has 1 aromatic carbocycles. The SMILES string of the molecule is C[C@@H](CNC(=O)OC(C)(C)C)Nc1c(N)cnc2ccccc12. The number of nitrogen functional groups attached to an aromatic ring is 1. The Morgan fingerprint density at radius 2 is 2.04 bits per heavy atom. The summed E-state index contributed by atoms with van der Waals surface area (Å²) >= 11 is 0. The summed E-state index contributed by atoms with van der Waals surface area (Å²) in [6.07, 6.45) is 1.21. The van der Waals surface area contributed by atoms with Gasteiger partial charge in [0.15, 0.2) is 0 Å². The molecule has 124 valence electrons. The van der Waals surface area contributed by atoms with E-state index in [1.54, 1.807) is 6.20 Å². The summed E-state index contributed by atoms with van der Waals surface area (Å²) in [6, 6.07) is 7.76. The van der Waals surface area contributed by atoms with Crippen LogP contribution in [0.15, 0.2) is 30.5 Å². The highest BCUT2D eigenvalue weighted by atomic mass is 16.6. The summed E-state index contributed by atoms with van der Waals surface area (Å²) in [4.78, 5) is 16.0. The molecule has 6 nitrogen and oxygen atoms in total. The maximum atomic E-state index is 11.7. The number of fused-ring (bicyclic) bond motifs is 1. The van der Waals surface area contributed by atoms with Crippen molar-refractivity contribution in [3.63, 3.8) is 0 Å². The standard InChI is InChI=1S/C17H24N4O2/c1-11(9-20-16(22)23-17(2,3)4)21-15-12-7-5-6-8-14(12)19-10-13(15)18/h5-8,10-11H,9,18H2,1-4H3,(H,19,21)(H,20,22)/t11-/m0/s1. The van der Waals surface area contributed by atoms with Gasteiger partial charge in [0.1, 0.15) is 5.60 Å². The number of pyridine rings is 1. The van der Waals surface area contributed by atoms with Crippen molar-refractivity contribution in [2.45, 2.75) is 39.3 Å². The minimum atomic E-state index is -0.507. The van der Waals surface area contributed by atoms with Gasteiger partial charge in [-0.25, -0.2) is 4.79 Å². The van der Waals surface area contributed by atoms with E-state index < -0.39 is 11.7 Å². The third kappa shape index (κ3) is 4.74. The molecule has 0 saturated heterocycles.